The van der Waals surface area contributed by atoms with Crippen LogP contribution in [-0.4, -0.2) is 4.98 Å². The van der Waals surface area contributed by atoms with E-state index in [0.29, 0.717) is 5.02 Å². The van der Waals surface area contributed by atoms with Crippen molar-refractivity contribution in [2.24, 2.45) is 5.73 Å². The van der Waals surface area contributed by atoms with E-state index in [4.69, 9.17) is 17.3 Å². The average molecular weight is 265 g/mol. The maximum atomic E-state index is 6.09. The standard InChI is InChI=1S/C13H13ClN2S/c1-9(15)10-5-2-3-7-12(10)17-13-11(14)6-4-8-16-13/h2-9H,15H2,1H3/t9-/m1/s1. The number of benzene rings is 1. The van der Waals surface area contributed by atoms with Crippen LogP contribution in [0.2, 0.25) is 5.02 Å². The lowest BCUT2D eigenvalue weighted by molar-refractivity contribution is 0.797. The van der Waals surface area contributed by atoms with Gasteiger partial charge in [-0.05, 0) is 30.7 Å². The summed E-state index contributed by atoms with van der Waals surface area (Å²) < 4.78 is 0. The van der Waals surface area contributed by atoms with Crippen LogP contribution >= 0.6 is 23.4 Å². The molecule has 0 unspecified atom stereocenters. The molecule has 1 atom stereocenters. The SMILES string of the molecule is C[C@@H](N)c1ccccc1Sc1ncccc1Cl. The lowest BCUT2D eigenvalue weighted by Gasteiger charge is -2.11. The molecule has 1 aromatic carbocycles. The molecule has 4 heteroatoms. The highest BCUT2D eigenvalue weighted by atomic mass is 35.5. The Kier molecular flexibility index (Phi) is 4.05. The molecule has 2 N–H and O–H groups in total. The third-order valence-corrected chi connectivity index (χ3v) is 3.87. The van der Waals surface area contributed by atoms with Gasteiger partial charge in [0, 0.05) is 17.1 Å². The second kappa shape index (κ2) is 5.54. The number of aromatic nitrogens is 1. The van der Waals surface area contributed by atoms with Crippen LogP contribution < -0.4 is 5.73 Å². The monoisotopic (exact) mass is 264 g/mol. The van der Waals surface area contributed by atoms with Gasteiger partial charge in [0.1, 0.15) is 5.03 Å². The first-order valence-corrected chi connectivity index (χ1v) is 6.51. The van der Waals surface area contributed by atoms with Crippen LogP contribution in [0.3, 0.4) is 0 Å². The van der Waals surface area contributed by atoms with Crippen molar-refractivity contribution in [1.82, 2.24) is 4.98 Å². The van der Waals surface area contributed by atoms with E-state index < -0.39 is 0 Å². The second-order valence-electron chi connectivity index (χ2n) is 3.72. The third kappa shape index (κ3) is 3.00. The molecule has 0 spiro atoms. The summed E-state index contributed by atoms with van der Waals surface area (Å²) in [5.74, 6) is 0. The zero-order valence-corrected chi connectivity index (χ0v) is 11.0. The van der Waals surface area contributed by atoms with Crippen molar-refractivity contribution < 1.29 is 0 Å². The molecule has 0 aliphatic heterocycles. The molecule has 2 nitrogen and oxygen atoms in total. The Morgan fingerprint density at radius 3 is 2.71 bits per heavy atom. The zero-order chi connectivity index (χ0) is 12.3. The van der Waals surface area contributed by atoms with Crippen molar-refractivity contribution in [2.45, 2.75) is 22.9 Å². The molecule has 0 saturated heterocycles. The van der Waals surface area contributed by atoms with Crippen molar-refractivity contribution in [3.8, 4) is 0 Å². The predicted molar refractivity (Wildman–Crippen MR) is 72.4 cm³/mol. The maximum Gasteiger partial charge on any atom is 0.119 e. The third-order valence-electron chi connectivity index (χ3n) is 2.34. The quantitative estimate of drug-likeness (QED) is 0.914. The number of hydrogen-bond acceptors (Lipinski definition) is 3. The molecule has 88 valence electrons. The summed E-state index contributed by atoms with van der Waals surface area (Å²) in [4.78, 5) is 5.36. The minimum absolute atomic E-state index is 0.00110. The molecule has 17 heavy (non-hydrogen) atoms. The van der Waals surface area contributed by atoms with Gasteiger partial charge in [0.05, 0.1) is 5.02 Å². The molecule has 2 aromatic rings. The Balaban J connectivity index is 2.34. The van der Waals surface area contributed by atoms with Crippen molar-refractivity contribution in [3.05, 3.63) is 53.2 Å². The summed E-state index contributed by atoms with van der Waals surface area (Å²) in [7, 11) is 0. The van der Waals surface area contributed by atoms with Gasteiger partial charge < -0.3 is 5.73 Å². The lowest BCUT2D eigenvalue weighted by atomic mass is 10.1. The molecular weight excluding hydrogens is 252 g/mol. The van der Waals surface area contributed by atoms with Crippen molar-refractivity contribution in [1.29, 1.82) is 0 Å². The van der Waals surface area contributed by atoms with E-state index >= 15 is 0 Å². The van der Waals surface area contributed by atoms with Gasteiger partial charge >= 0.3 is 0 Å². The smallest absolute Gasteiger partial charge is 0.119 e. The molecular formula is C13H13ClN2S. The first-order valence-electron chi connectivity index (χ1n) is 5.31. The Hall–Kier alpha value is -1.03. The second-order valence-corrected chi connectivity index (χ2v) is 5.16. The molecule has 0 bridgehead atoms. The van der Waals surface area contributed by atoms with Crippen LogP contribution in [0.4, 0.5) is 0 Å². The first-order chi connectivity index (χ1) is 8.18. The molecule has 0 amide bonds. The van der Waals surface area contributed by atoms with E-state index in [1.54, 1.807) is 18.0 Å². The van der Waals surface area contributed by atoms with Crippen LogP contribution in [0, 0.1) is 0 Å². The number of nitrogens with zero attached hydrogens (tertiary/aromatic N) is 1. The van der Waals surface area contributed by atoms with Gasteiger partial charge in [-0.3, -0.25) is 0 Å². The molecule has 1 heterocycles. The Bertz CT molecular complexity index is 514. The van der Waals surface area contributed by atoms with E-state index in [9.17, 15) is 0 Å². The van der Waals surface area contributed by atoms with Gasteiger partial charge in [-0.1, -0.05) is 41.6 Å². The number of pyridine rings is 1. The molecule has 2 rings (SSSR count). The summed E-state index contributed by atoms with van der Waals surface area (Å²) in [6.07, 6.45) is 1.74. The minimum atomic E-state index is 0.00110. The van der Waals surface area contributed by atoms with E-state index in [2.05, 4.69) is 4.98 Å². The summed E-state index contributed by atoms with van der Waals surface area (Å²) in [5, 5.41) is 1.47. The van der Waals surface area contributed by atoms with Gasteiger partial charge in [-0.2, -0.15) is 0 Å². The molecule has 0 saturated carbocycles. The highest BCUT2D eigenvalue weighted by Gasteiger charge is 2.09. The van der Waals surface area contributed by atoms with E-state index in [1.807, 2.05) is 43.3 Å². The van der Waals surface area contributed by atoms with Gasteiger partial charge in [0.25, 0.3) is 0 Å². The number of rotatable bonds is 3. The van der Waals surface area contributed by atoms with E-state index in [-0.39, 0.29) is 6.04 Å². The van der Waals surface area contributed by atoms with Crippen molar-refractivity contribution >= 4 is 23.4 Å². The highest BCUT2D eigenvalue weighted by Crippen LogP contribution is 2.34. The van der Waals surface area contributed by atoms with Crippen molar-refractivity contribution in [3.63, 3.8) is 0 Å². The fraction of sp³-hybridized carbons (Fsp3) is 0.154. The summed E-state index contributed by atoms with van der Waals surface area (Å²) in [5.41, 5.74) is 7.05. The van der Waals surface area contributed by atoms with Crippen LogP contribution in [0.15, 0.2) is 52.5 Å². The molecule has 1 aromatic heterocycles. The number of nitrogens with two attached hydrogens (primary N) is 1. The van der Waals surface area contributed by atoms with Crippen molar-refractivity contribution in [2.75, 3.05) is 0 Å². The van der Waals surface area contributed by atoms with Crippen LogP contribution in [0.25, 0.3) is 0 Å². The number of halogens is 1. The summed E-state index contributed by atoms with van der Waals surface area (Å²) >= 11 is 7.64. The predicted octanol–water partition coefficient (Wildman–Crippen LogP) is 3.91. The summed E-state index contributed by atoms with van der Waals surface area (Å²) in [6, 6.07) is 11.7. The van der Waals surface area contributed by atoms with Crippen LogP contribution in [0.1, 0.15) is 18.5 Å². The largest absolute Gasteiger partial charge is 0.324 e. The normalized spacial score (nSPS) is 12.4. The molecule has 0 aliphatic carbocycles. The van der Waals surface area contributed by atoms with Crippen LogP contribution in [-0.2, 0) is 0 Å². The number of hydrogen-bond donors (Lipinski definition) is 1. The van der Waals surface area contributed by atoms with Crippen LogP contribution in [0.5, 0.6) is 0 Å². The summed E-state index contributed by atoms with van der Waals surface area (Å²) in [6.45, 7) is 1.97. The molecule has 0 aliphatic rings. The van der Waals surface area contributed by atoms with Gasteiger partial charge in [-0.15, -0.1) is 0 Å². The molecule has 0 fully saturated rings. The van der Waals surface area contributed by atoms with Gasteiger partial charge in [-0.25, -0.2) is 4.98 Å². The fourth-order valence-electron chi connectivity index (χ4n) is 1.50. The highest BCUT2D eigenvalue weighted by molar-refractivity contribution is 7.99. The van der Waals surface area contributed by atoms with E-state index in [0.717, 1.165) is 15.5 Å². The minimum Gasteiger partial charge on any atom is -0.324 e. The fourth-order valence-corrected chi connectivity index (χ4v) is 2.74. The lowest BCUT2D eigenvalue weighted by Crippen LogP contribution is -2.06. The Labute approximate surface area is 110 Å². The average Bonchev–Trinajstić information content (AvgIpc) is 2.32. The maximum absolute atomic E-state index is 6.09. The topological polar surface area (TPSA) is 38.9 Å². The Morgan fingerprint density at radius 2 is 2.00 bits per heavy atom. The van der Waals surface area contributed by atoms with Gasteiger partial charge in [0.15, 0.2) is 0 Å². The van der Waals surface area contributed by atoms with E-state index in [1.165, 1.54) is 0 Å². The zero-order valence-electron chi connectivity index (χ0n) is 9.43. The first kappa shape index (κ1) is 12.4. The van der Waals surface area contributed by atoms with Gasteiger partial charge in [0.2, 0.25) is 0 Å². The Morgan fingerprint density at radius 1 is 1.24 bits per heavy atom. The molecule has 0 radical (unpaired) electrons.